The second-order valence-electron chi connectivity index (χ2n) is 11.5. The first-order chi connectivity index (χ1) is 19.2. The van der Waals surface area contributed by atoms with E-state index >= 15 is 0 Å². The van der Waals surface area contributed by atoms with Gasteiger partial charge < -0.3 is 14.2 Å². The molecule has 1 aromatic heterocycles. The predicted molar refractivity (Wildman–Crippen MR) is 158 cm³/mol. The molecule has 1 N–H and O–H groups in total. The number of aromatic nitrogens is 1. The number of nitrogens with zero attached hydrogens (tertiary/aromatic N) is 2. The summed E-state index contributed by atoms with van der Waals surface area (Å²) in [6, 6.07) is 8.69. The fourth-order valence-corrected chi connectivity index (χ4v) is 6.06. The van der Waals surface area contributed by atoms with Gasteiger partial charge >= 0.3 is 12.1 Å². The summed E-state index contributed by atoms with van der Waals surface area (Å²) < 4.78 is 45.0. The molecule has 11 heteroatoms. The normalized spacial score (nSPS) is 16.4. The summed E-state index contributed by atoms with van der Waals surface area (Å²) in [5, 5.41) is 0.882. The van der Waals surface area contributed by atoms with Gasteiger partial charge in [0.2, 0.25) is 10.0 Å². The zero-order valence-electron chi connectivity index (χ0n) is 24.7. The van der Waals surface area contributed by atoms with Crippen LogP contribution in [-0.4, -0.2) is 62.6 Å². The number of rotatable bonds is 7. The van der Waals surface area contributed by atoms with Crippen LogP contribution in [0.4, 0.5) is 10.5 Å². The maximum absolute atomic E-state index is 13.0. The maximum Gasteiger partial charge on any atom is 0.419 e. The van der Waals surface area contributed by atoms with E-state index in [0.29, 0.717) is 18.0 Å². The number of benzene rings is 2. The van der Waals surface area contributed by atoms with Gasteiger partial charge in [-0.05, 0) is 82.5 Å². The van der Waals surface area contributed by atoms with Crippen LogP contribution in [0.1, 0.15) is 73.1 Å². The Labute approximate surface area is 241 Å². The molecule has 222 valence electrons. The Balaban J connectivity index is 1.78. The maximum atomic E-state index is 13.0. The number of carbonyl (C=O) groups excluding carboxylic acids is 2. The number of hydrogen-bond donors (Lipinski definition) is 1. The molecule has 1 fully saturated rings. The van der Waals surface area contributed by atoms with E-state index in [0.717, 1.165) is 59.7 Å². The Bertz CT molecular complexity index is 1570. The van der Waals surface area contributed by atoms with Crippen molar-refractivity contribution >= 4 is 38.7 Å². The lowest BCUT2D eigenvalue weighted by Crippen LogP contribution is -2.34. The topological polar surface area (TPSA) is 116 Å². The van der Waals surface area contributed by atoms with Crippen LogP contribution in [0, 0.1) is 6.92 Å². The van der Waals surface area contributed by atoms with Crippen molar-refractivity contribution in [3.8, 4) is 5.75 Å². The van der Waals surface area contributed by atoms with Crippen molar-refractivity contribution in [2.24, 2.45) is 0 Å². The van der Waals surface area contributed by atoms with Crippen molar-refractivity contribution in [3.63, 3.8) is 0 Å². The van der Waals surface area contributed by atoms with Gasteiger partial charge in [0, 0.05) is 29.7 Å². The molecule has 3 aromatic rings. The second-order valence-corrected chi connectivity index (χ2v) is 13.2. The first-order valence-corrected chi connectivity index (χ1v) is 15.5. The molecule has 41 heavy (non-hydrogen) atoms. The van der Waals surface area contributed by atoms with Crippen LogP contribution in [0.5, 0.6) is 5.75 Å². The van der Waals surface area contributed by atoms with Gasteiger partial charge in [0.05, 0.1) is 37.2 Å². The Morgan fingerprint density at radius 3 is 2.46 bits per heavy atom. The molecule has 1 atom stereocenters. The molecular formula is C30H39N3O7S. The molecule has 2 aromatic carbocycles. The lowest BCUT2D eigenvalue weighted by atomic mass is 9.92. The Hall–Kier alpha value is -3.57. The highest BCUT2D eigenvalue weighted by Gasteiger charge is 2.30. The van der Waals surface area contributed by atoms with Crippen molar-refractivity contribution in [1.82, 2.24) is 9.47 Å². The number of piperidine rings is 1. The average molecular weight is 586 g/mol. The van der Waals surface area contributed by atoms with E-state index in [1.165, 1.54) is 17.7 Å². The highest BCUT2D eigenvalue weighted by Crippen LogP contribution is 2.40. The Morgan fingerprint density at radius 1 is 1.10 bits per heavy atom. The average Bonchev–Trinajstić information content (AvgIpc) is 3.34. The molecule has 1 saturated heterocycles. The monoisotopic (exact) mass is 585 g/mol. The molecule has 0 unspecified atom stereocenters. The van der Waals surface area contributed by atoms with Crippen LogP contribution < -0.4 is 9.46 Å². The molecule has 0 aliphatic carbocycles. The van der Waals surface area contributed by atoms with Crippen molar-refractivity contribution < 1.29 is 32.2 Å². The van der Waals surface area contributed by atoms with Gasteiger partial charge in [0.25, 0.3) is 0 Å². The van der Waals surface area contributed by atoms with Crippen molar-refractivity contribution in [1.29, 1.82) is 0 Å². The number of ether oxygens (including phenoxy) is 3. The lowest BCUT2D eigenvalue weighted by Gasteiger charge is -2.37. The summed E-state index contributed by atoms with van der Waals surface area (Å²) in [7, 11) is -0.700. The number of methoxy groups -OCH3 is 2. The van der Waals surface area contributed by atoms with Gasteiger partial charge in [-0.3, -0.25) is 14.2 Å². The third-order valence-corrected chi connectivity index (χ3v) is 7.73. The van der Waals surface area contributed by atoms with Gasteiger partial charge in [0.15, 0.2) is 0 Å². The van der Waals surface area contributed by atoms with Crippen LogP contribution in [0.15, 0.2) is 36.5 Å². The van der Waals surface area contributed by atoms with Crippen molar-refractivity contribution in [3.05, 3.63) is 58.8 Å². The van der Waals surface area contributed by atoms with E-state index in [2.05, 4.69) is 9.62 Å². The molecule has 1 aliphatic rings. The summed E-state index contributed by atoms with van der Waals surface area (Å²) >= 11 is 0. The highest BCUT2D eigenvalue weighted by atomic mass is 32.2. The smallest absolute Gasteiger partial charge is 0.419 e. The summed E-state index contributed by atoms with van der Waals surface area (Å²) in [5.41, 5.74) is 3.30. The third-order valence-electron chi connectivity index (χ3n) is 7.14. The Kier molecular flexibility index (Phi) is 8.70. The number of nitrogens with one attached hydrogen (secondary N) is 1. The summed E-state index contributed by atoms with van der Waals surface area (Å²) in [6.07, 6.45) is 5.09. The van der Waals surface area contributed by atoms with Crippen LogP contribution in [0.3, 0.4) is 0 Å². The molecule has 10 nitrogen and oxygen atoms in total. The van der Waals surface area contributed by atoms with E-state index in [9.17, 15) is 18.0 Å². The number of carbonyl (C=O) groups is 2. The van der Waals surface area contributed by atoms with E-state index < -0.39 is 27.7 Å². The lowest BCUT2D eigenvalue weighted by molar-refractivity contribution is 0.0542. The summed E-state index contributed by atoms with van der Waals surface area (Å²) in [4.78, 5) is 27.5. The van der Waals surface area contributed by atoms with E-state index in [4.69, 9.17) is 14.2 Å². The van der Waals surface area contributed by atoms with Crippen LogP contribution in [-0.2, 0) is 26.0 Å². The fraction of sp³-hybridized carbons (Fsp3) is 0.467. The molecule has 0 saturated carbocycles. The molecule has 0 bridgehead atoms. The number of sulfonamides is 1. The first-order valence-electron chi connectivity index (χ1n) is 13.6. The number of likely N-dealkylation sites (tertiary alicyclic amines) is 1. The number of aryl methyl sites for hydroxylation is 1. The minimum absolute atomic E-state index is 0.131. The number of esters is 1. The van der Waals surface area contributed by atoms with Crippen molar-refractivity contribution in [2.45, 2.75) is 65.1 Å². The summed E-state index contributed by atoms with van der Waals surface area (Å²) in [5.74, 6) is 0.159. The molecule has 0 radical (unpaired) electrons. The van der Waals surface area contributed by atoms with E-state index in [1.807, 2.05) is 39.8 Å². The van der Waals surface area contributed by atoms with E-state index in [1.54, 1.807) is 25.4 Å². The van der Waals surface area contributed by atoms with Gasteiger partial charge in [-0.1, -0.05) is 12.5 Å². The third kappa shape index (κ3) is 6.84. The minimum atomic E-state index is -3.61. The van der Waals surface area contributed by atoms with Gasteiger partial charge in [-0.2, -0.15) is 0 Å². The predicted octanol–water partition coefficient (Wildman–Crippen LogP) is 5.63. The summed E-state index contributed by atoms with van der Waals surface area (Å²) in [6.45, 7) is 8.70. The second kappa shape index (κ2) is 11.7. The van der Waals surface area contributed by atoms with Gasteiger partial charge in [0.1, 0.15) is 11.4 Å². The fourth-order valence-electron chi connectivity index (χ4n) is 5.49. The quantitative estimate of drug-likeness (QED) is 0.355. The SMILES string of the molecule is COC(=O)c1ccc([C@H]2CCCCN2Cc2c(OC)cc(C)c3c2ccn3C(=O)OC(C)(C)C)c(NS(C)(=O)=O)c1. The van der Waals surface area contributed by atoms with Gasteiger partial charge in [-0.25, -0.2) is 18.0 Å². The van der Waals surface area contributed by atoms with E-state index in [-0.39, 0.29) is 11.6 Å². The molecule has 1 aliphatic heterocycles. The van der Waals surface area contributed by atoms with Gasteiger partial charge in [-0.15, -0.1) is 0 Å². The number of hydrogen-bond acceptors (Lipinski definition) is 8. The minimum Gasteiger partial charge on any atom is -0.496 e. The molecule has 2 heterocycles. The Morgan fingerprint density at radius 2 is 1.83 bits per heavy atom. The molecule has 0 spiro atoms. The number of anilines is 1. The van der Waals surface area contributed by atoms with Crippen LogP contribution in [0.25, 0.3) is 10.9 Å². The standard InChI is InChI=1S/C30H39N3O7S/c1-19-16-26(38-5)23(21-13-15-33(27(19)21)29(35)40-30(2,3)4)18-32-14-9-8-10-25(32)22-12-11-20(28(34)39-6)17-24(22)31-41(7,36)37/h11-13,15-17,25,31H,8-10,14,18H2,1-7H3/t25-/m1/s1. The zero-order valence-corrected chi connectivity index (χ0v) is 25.6. The molecule has 0 amide bonds. The zero-order chi connectivity index (χ0) is 30.1. The molecular weight excluding hydrogens is 546 g/mol. The van der Waals surface area contributed by atoms with Crippen LogP contribution >= 0.6 is 0 Å². The highest BCUT2D eigenvalue weighted by molar-refractivity contribution is 7.92. The molecule has 4 rings (SSSR count). The number of fused-ring (bicyclic) bond motifs is 1. The largest absolute Gasteiger partial charge is 0.496 e. The van der Waals surface area contributed by atoms with Crippen LogP contribution in [0.2, 0.25) is 0 Å². The van der Waals surface area contributed by atoms with Crippen molar-refractivity contribution in [2.75, 3.05) is 31.7 Å². The first kappa shape index (κ1) is 30.4.